The second-order valence-electron chi connectivity index (χ2n) is 4.25. The number of anilines is 1. The Labute approximate surface area is 104 Å². The van der Waals surface area contributed by atoms with Gasteiger partial charge in [0.05, 0.1) is 18.4 Å². The Morgan fingerprint density at radius 2 is 2.33 bits per heavy atom. The van der Waals surface area contributed by atoms with Crippen LogP contribution in [0.3, 0.4) is 0 Å². The lowest BCUT2D eigenvalue weighted by Crippen LogP contribution is -2.25. The van der Waals surface area contributed by atoms with Crippen molar-refractivity contribution in [3.8, 4) is 6.07 Å². The molecule has 1 saturated heterocycles. The van der Waals surface area contributed by atoms with Gasteiger partial charge < -0.3 is 10.0 Å². The molecule has 1 aromatic carbocycles. The first kappa shape index (κ1) is 12.1. The summed E-state index contributed by atoms with van der Waals surface area (Å²) in [4.78, 5) is 24.1. The number of carbonyl (C=O) groups excluding carboxylic acids is 1. The summed E-state index contributed by atoms with van der Waals surface area (Å²) in [6.45, 7) is 0.199. The van der Waals surface area contributed by atoms with E-state index in [9.17, 15) is 9.59 Å². The van der Waals surface area contributed by atoms with Gasteiger partial charge in [0, 0.05) is 18.7 Å². The summed E-state index contributed by atoms with van der Waals surface area (Å²) in [5, 5.41) is 17.5. The van der Waals surface area contributed by atoms with E-state index in [0.29, 0.717) is 5.69 Å². The van der Waals surface area contributed by atoms with Crippen LogP contribution in [0.15, 0.2) is 24.3 Å². The van der Waals surface area contributed by atoms with Crippen LogP contribution in [0.2, 0.25) is 0 Å². The van der Waals surface area contributed by atoms with Gasteiger partial charge in [-0.25, -0.2) is 0 Å². The van der Waals surface area contributed by atoms with Gasteiger partial charge in [-0.1, -0.05) is 12.1 Å². The number of hydrogen-bond donors (Lipinski definition) is 1. The lowest BCUT2D eigenvalue weighted by atomic mass is 10.1. The normalized spacial score (nSPS) is 18.7. The van der Waals surface area contributed by atoms with Crippen LogP contribution in [0.1, 0.15) is 12.0 Å². The highest BCUT2D eigenvalue weighted by atomic mass is 16.4. The van der Waals surface area contributed by atoms with Crippen molar-refractivity contribution in [3.05, 3.63) is 29.8 Å². The topological polar surface area (TPSA) is 81.4 Å². The molecule has 1 fully saturated rings. The predicted molar refractivity (Wildman–Crippen MR) is 63.9 cm³/mol. The predicted octanol–water partition coefficient (Wildman–Crippen LogP) is 1.19. The number of aliphatic carboxylic acids is 1. The van der Waals surface area contributed by atoms with Crippen LogP contribution in [-0.4, -0.2) is 23.5 Å². The molecule has 1 aliphatic rings. The van der Waals surface area contributed by atoms with Gasteiger partial charge in [-0.3, -0.25) is 9.59 Å². The average molecular weight is 244 g/mol. The molecule has 0 bridgehead atoms. The third-order valence-corrected chi connectivity index (χ3v) is 2.98. The Morgan fingerprint density at radius 3 is 2.94 bits per heavy atom. The molecule has 1 aliphatic heterocycles. The van der Waals surface area contributed by atoms with E-state index in [1.807, 2.05) is 12.1 Å². The molecule has 1 aromatic rings. The van der Waals surface area contributed by atoms with E-state index < -0.39 is 11.9 Å². The van der Waals surface area contributed by atoms with Crippen molar-refractivity contribution < 1.29 is 14.7 Å². The maximum atomic E-state index is 11.8. The van der Waals surface area contributed by atoms with Crippen molar-refractivity contribution in [2.75, 3.05) is 11.4 Å². The molecule has 5 heteroatoms. The lowest BCUT2D eigenvalue weighted by molar-refractivity contribution is -0.141. The zero-order valence-corrected chi connectivity index (χ0v) is 9.67. The highest BCUT2D eigenvalue weighted by Gasteiger charge is 2.34. The number of carboxylic acids is 1. The molecule has 1 N–H and O–H groups in total. The van der Waals surface area contributed by atoms with Gasteiger partial charge in [-0.05, 0) is 17.7 Å². The zero-order valence-electron chi connectivity index (χ0n) is 9.67. The summed E-state index contributed by atoms with van der Waals surface area (Å²) in [6, 6.07) is 9.13. The summed E-state index contributed by atoms with van der Waals surface area (Å²) in [5.41, 5.74) is 1.48. The van der Waals surface area contributed by atoms with Crippen molar-refractivity contribution in [2.24, 2.45) is 5.92 Å². The van der Waals surface area contributed by atoms with Crippen LogP contribution in [0.25, 0.3) is 0 Å². The Bertz CT molecular complexity index is 533. The molecule has 92 valence electrons. The summed E-state index contributed by atoms with van der Waals surface area (Å²) in [7, 11) is 0. The van der Waals surface area contributed by atoms with Crippen LogP contribution < -0.4 is 4.90 Å². The fourth-order valence-electron chi connectivity index (χ4n) is 2.05. The van der Waals surface area contributed by atoms with Gasteiger partial charge in [0.15, 0.2) is 0 Å². The first-order valence-electron chi connectivity index (χ1n) is 5.61. The summed E-state index contributed by atoms with van der Waals surface area (Å²) in [6.07, 6.45) is 0.316. The standard InChI is InChI=1S/C13H12N2O3/c14-5-4-9-2-1-3-11(6-9)15-8-10(13(17)18)7-12(15)16/h1-3,6,10H,4,7-8H2,(H,17,18). The number of nitriles is 1. The van der Waals surface area contributed by atoms with Gasteiger partial charge in [-0.2, -0.15) is 5.26 Å². The molecule has 0 radical (unpaired) electrons. The zero-order chi connectivity index (χ0) is 13.1. The van der Waals surface area contributed by atoms with Crippen LogP contribution in [0.5, 0.6) is 0 Å². The van der Waals surface area contributed by atoms with Crippen molar-refractivity contribution >= 4 is 17.6 Å². The maximum absolute atomic E-state index is 11.8. The molecular formula is C13H12N2O3. The Kier molecular flexibility index (Phi) is 3.28. The summed E-state index contributed by atoms with van der Waals surface area (Å²) >= 11 is 0. The highest BCUT2D eigenvalue weighted by molar-refractivity contribution is 5.99. The number of hydrogen-bond acceptors (Lipinski definition) is 3. The molecule has 0 saturated carbocycles. The van der Waals surface area contributed by atoms with Crippen LogP contribution >= 0.6 is 0 Å². The van der Waals surface area contributed by atoms with Crippen molar-refractivity contribution in [3.63, 3.8) is 0 Å². The maximum Gasteiger partial charge on any atom is 0.308 e. The molecule has 0 aliphatic carbocycles. The number of benzene rings is 1. The minimum Gasteiger partial charge on any atom is -0.481 e. The minimum atomic E-state index is -0.945. The number of carbonyl (C=O) groups is 2. The largest absolute Gasteiger partial charge is 0.481 e. The molecule has 0 spiro atoms. The van der Waals surface area contributed by atoms with Gasteiger partial charge in [0.2, 0.25) is 5.91 Å². The van der Waals surface area contributed by atoms with E-state index in [2.05, 4.69) is 0 Å². The third-order valence-electron chi connectivity index (χ3n) is 2.98. The Balaban J connectivity index is 2.22. The summed E-state index contributed by atoms with van der Waals surface area (Å²) < 4.78 is 0. The lowest BCUT2D eigenvalue weighted by Gasteiger charge is -2.16. The second kappa shape index (κ2) is 4.88. The van der Waals surface area contributed by atoms with E-state index in [0.717, 1.165) is 5.56 Å². The van der Waals surface area contributed by atoms with Crippen molar-refractivity contribution in [1.82, 2.24) is 0 Å². The number of nitrogens with zero attached hydrogens (tertiary/aromatic N) is 2. The molecule has 18 heavy (non-hydrogen) atoms. The van der Waals surface area contributed by atoms with Crippen LogP contribution in [0, 0.1) is 17.2 Å². The first-order chi connectivity index (χ1) is 8.61. The van der Waals surface area contributed by atoms with Crippen molar-refractivity contribution in [2.45, 2.75) is 12.8 Å². The Hall–Kier alpha value is -2.35. The van der Waals surface area contributed by atoms with Crippen molar-refractivity contribution in [1.29, 1.82) is 5.26 Å². The van der Waals surface area contributed by atoms with Gasteiger partial charge in [0.1, 0.15) is 0 Å². The second-order valence-corrected chi connectivity index (χ2v) is 4.25. The Morgan fingerprint density at radius 1 is 1.56 bits per heavy atom. The quantitative estimate of drug-likeness (QED) is 0.865. The first-order valence-corrected chi connectivity index (χ1v) is 5.61. The summed E-state index contributed by atoms with van der Waals surface area (Å²) in [5.74, 6) is -1.77. The van der Waals surface area contributed by atoms with E-state index in [1.165, 1.54) is 4.90 Å². The van der Waals surface area contributed by atoms with E-state index in [-0.39, 0.29) is 25.3 Å². The molecule has 2 rings (SSSR count). The molecule has 1 unspecified atom stereocenters. The number of amides is 1. The van der Waals surface area contributed by atoms with E-state index >= 15 is 0 Å². The highest BCUT2D eigenvalue weighted by Crippen LogP contribution is 2.25. The molecule has 1 atom stereocenters. The smallest absolute Gasteiger partial charge is 0.308 e. The fourth-order valence-corrected chi connectivity index (χ4v) is 2.05. The fraction of sp³-hybridized carbons (Fsp3) is 0.308. The molecule has 1 heterocycles. The number of rotatable bonds is 3. The monoisotopic (exact) mass is 244 g/mol. The van der Waals surface area contributed by atoms with Gasteiger partial charge in [0.25, 0.3) is 0 Å². The molecular weight excluding hydrogens is 232 g/mol. The third kappa shape index (κ3) is 2.33. The van der Waals surface area contributed by atoms with E-state index in [1.54, 1.807) is 18.2 Å². The molecule has 0 aromatic heterocycles. The van der Waals surface area contributed by atoms with E-state index in [4.69, 9.17) is 10.4 Å². The SMILES string of the molecule is N#CCc1cccc(N2CC(C(=O)O)CC2=O)c1. The molecule has 1 amide bonds. The van der Waals surface area contributed by atoms with Gasteiger partial charge >= 0.3 is 5.97 Å². The number of carboxylic acid groups (broad SMARTS) is 1. The molecule has 5 nitrogen and oxygen atoms in total. The van der Waals surface area contributed by atoms with Crippen LogP contribution in [-0.2, 0) is 16.0 Å². The van der Waals surface area contributed by atoms with Crippen LogP contribution in [0.4, 0.5) is 5.69 Å². The van der Waals surface area contributed by atoms with Gasteiger partial charge in [-0.15, -0.1) is 0 Å². The average Bonchev–Trinajstić information content (AvgIpc) is 2.72. The minimum absolute atomic E-state index is 0.0395.